The molecule has 0 spiro atoms. The Morgan fingerprint density at radius 3 is 2.28 bits per heavy atom. The number of hydrogen-bond donors (Lipinski definition) is 0. The molecule has 1 aliphatic heterocycles. The quantitative estimate of drug-likeness (QED) is 0.586. The molecule has 3 aromatic carbocycles. The van der Waals surface area contributed by atoms with E-state index in [0.717, 1.165) is 16.7 Å². The molecule has 1 aliphatic rings. The van der Waals surface area contributed by atoms with Gasteiger partial charge >= 0.3 is 0 Å². The SMILES string of the molecule is COc1cc(-c2c(OC)cccc2OC)cc2c1OCCN(C(=O)c1ccccc1F)C2. The summed E-state index contributed by atoms with van der Waals surface area (Å²) in [5.74, 6) is 1.44. The Kier molecular flexibility index (Phi) is 6.16. The van der Waals surface area contributed by atoms with Crippen molar-refractivity contribution in [3.63, 3.8) is 0 Å². The van der Waals surface area contributed by atoms with Crippen LogP contribution in [-0.2, 0) is 6.54 Å². The Bertz CT molecular complexity index is 1120. The monoisotopic (exact) mass is 437 g/mol. The van der Waals surface area contributed by atoms with Gasteiger partial charge in [0, 0.05) is 12.1 Å². The summed E-state index contributed by atoms with van der Waals surface area (Å²) in [5, 5.41) is 0. The van der Waals surface area contributed by atoms with Crippen molar-refractivity contribution in [2.45, 2.75) is 6.54 Å². The number of halogens is 1. The number of amides is 1. The highest BCUT2D eigenvalue weighted by atomic mass is 19.1. The summed E-state index contributed by atoms with van der Waals surface area (Å²) in [4.78, 5) is 14.6. The molecule has 0 bridgehead atoms. The second kappa shape index (κ2) is 9.18. The summed E-state index contributed by atoms with van der Waals surface area (Å²) >= 11 is 0. The average Bonchev–Trinajstić information content (AvgIpc) is 3.05. The molecule has 0 radical (unpaired) electrons. The van der Waals surface area contributed by atoms with Crippen LogP contribution in [0.2, 0.25) is 0 Å². The number of fused-ring (bicyclic) bond motifs is 1. The van der Waals surface area contributed by atoms with Gasteiger partial charge in [0.15, 0.2) is 11.5 Å². The molecule has 0 aliphatic carbocycles. The van der Waals surface area contributed by atoms with Crippen LogP contribution in [0.4, 0.5) is 4.39 Å². The van der Waals surface area contributed by atoms with Gasteiger partial charge in [-0.25, -0.2) is 4.39 Å². The number of ether oxygens (including phenoxy) is 4. The third-order valence-electron chi connectivity index (χ3n) is 5.43. The number of benzene rings is 3. The summed E-state index contributed by atoms with van der Waals surface area (Å²) in [6.07, 6.45) is 0. The van der Waals surface area contributed by atoms with Crippen LogP contribution < -0.4 is 18.9 Å². The van der Waals surface area contributed by atoms with Gasteiger partial charge in [0.2, 0.25) is 0 Å². The van der Waals surface area contributed by atoms with Crippen LogP contribution >= 0.6 is 0 Å². The van der Waals surface area contributed by atoms with Crippen molar-refractivity contribution in [1.29, 1.82) is 0 Å². The Balaban J connectivity index is 1.79. The summed E-state index contributed by atoms with van der Waals surface area (Å²) in [6.45, 7) is 0.823. The van der Waals surface area contributed by atoms with E-state index >= 15 is 0 Å². The lowest BCUT2D eigenvalue weighted by atomic mass is 9.99. The average molecular weight is 437 g/mol. The normalized spacial score (nSPS) is 12.9. The van der Waals surface area contributed by atoms with Crippen molar-refractivity contribution in [3.05, 3.63) is 71.5 Å². The zero-order valence-corrected chi connectivity index (χ0v) is 18.2. The second-order valence-electron chi connectivity index (χ2n) is 7.26. The first-order valence-corrected chi connectivity index (χ1v) is 10.2. The van der Waals surface area contributed by atoms with Gasteiger partial charge in [0.05, 0.1) is 39.0 Å². The van der Waals surface area contributed by atoms with Gasteiger partial charge in [-0.3, -0.25) is 4.79 Å². The fourth-order valence-electron chi connectivity index (χ4n) is 3.89. The molecule has 0 fully saturated rings. The van der Waals surface area contributed by atoms with Crippen LogP contribution in [0.1, 0.15) is 15.9 Å². The Morgan fingerprint density at radius 1 is 0.938 bits per heavy atom. The van der Waals surface area contributed by atoms with E-state index in [-0.39, 0.29) is 18.7 Å². The van der Waals surface area contributed by atoms with E-state index in [0.29, 0.717) is 29.5 Å². The van der Waals surface area contributed by atoms with Gasteiger partial charge in [0.25, 0.3) is 5.91 Å². The predicted octanol–water partition coefficient (Wildman–Crippen LogP) is 4.55. The first-order chi connectivity index (χ1) is 15.6. The Hall–Kier alpha value is -3.74. The molecule has 7 heteroatoms. The molecule has 0 N–H and O–H groups in total. The summed E-state index contributed by atoms with van der Waals surface area (Å²) < 4.78 is 36.9. The minimum absolute atomic E-state index is 0.0328. The van der Waals surface area contributed by atoms with E-state index in [1.807, 2.05) is 30.3 Å². The molecule has 0 saturated heterocycles. The fraction of sp³-hybridized carbons (Fsp3) is 0.240. The number of hydrogen-bond acceptors (Lipinski definition) is 5. The van der Waals surface area contributed by atoms with E-state index in [9.17, 15) is 9.18 Å². The van der Waals surface area contributed by atoms with E-state index < -0.39 is 11.7 Å². The summed E-state index contributed by atoms with van der Waals surface area (Å²) in [6, 6.07) is 15.3. The minimum Gasteiger partial charge on any atom is -0.496 e. The van der Waals surface area contributed by atoms with E-state index in [4.69, 9.17) is 18.9 Å². The smallest absolute Gasteiger partial charge is 0.257 e. The number of rotatable bonds is 5. The van der Waals surface area contributed by atoms with Crippen LogP contribution in [0.3, 0.4) is 0 Å². The molecule has 166 valence electrons. The van der Waals surface area contributed by atoms with Crippen molar-refractivity contribution in [1.82, 2.24) is 4.90 Å². The van der Waals surface area contributed by atoms with Crippen molar-refractivity contribution >= 4 is 5.91 Å². The number of methoxy groups -OCH3 is 3. The van der Waals surface area contributed by atoms with Gasteiger partial charge in [0.1, 0.15) is 23.9 Å². The zero-order valence-electron chi connectivity index (χ0n) is 18.2. The maximum atomic E-state index is 14.2. The van der Waals surface area contributed by atoms with E-state index in [2.05, 4.69) is 0 Å². The highest BCUT2D eigenvalue weighted by Gasteiger charge is 2.26. The van der Waals surface area contributed by atoms with Crippen LogP contribution in [-0.4, -0.2) is 45.3 Å². The lowest BCUT2D eigenvalue weighted by Gasteiger charge is -2.21. The van der Waals surface area contributed by atoms with Crippen LogP contribution in [0.5, 0.6) is 23.0 Å². The molecular formula is C25H24FNO5. The molecule has 6 nitrogen and oxygen atoms in total. The molecule has 0 aromatic heterocycles. The Labute approximate surface area is 186 Å². The largest absolute Gasteiger partial charge is 0.496 e. The topological polar surface area (TPSA) is 57.2 Å². The predicted molar refractivity (Wildman–Crippen MR) is 118 cm³/mol. The molecule has 0 saturated carbocycles. The van der Waals surface area contributed by atoms with Crippen molar-refractivity contribution in [3.8, 4) is 34.1 Å². The third-order valence-corrected chi connectivity index (χ3v) is 5.43. The highest BCUT2D eigenvalue weighted by Crippen LogP contribution is 2.44. The number of carbonyl (C=O) groups is 1. The van der Waals surface area contributed by atoms with Crippen LogP contribution in [0, 0.1) is 5.82 Å². The molecular weight excluding hydrogens is 413 g/mol. The molecule has 3 aromatic rings. The molecule has 0 atom stereocenters. The highest BCUT2D eigenvalue weighted by molar-refractivity contribution is 5.94. The lowest BCUT2D eigenvalue weighted by Crippen LogP contribution is -2.33. The first kappa shape index (κ1) is 21.5. The molecule has 1 amide bonds. The maximum Gasteiger partial charge on any atom is 0.257 e. The van der Waals surface area contributed by atoms with Crippen molar-refractivity contribution in [2.24, 2.45) is 0 Å². The third kappa shape index (κ3) is 3.93. The number of carbonyl (C=O) groups excluding carboxylic acids is 1. The maximum absolute atomic E-state index is 14.2. The molecule has 4 rings (SSSR count). The lowest BCUT2D eigenvalue weighted by molar-refractivity contribution is 0.0728. The van der Waals surface area contributed by atoms with E-state index in [1.165, 1.54) is 12.1 Å². The summed E-state index contributed by atoms with van der Waals surface area (Å²) in [5.41, 5.74) is 2.33. The first-order valence-electron chi connectivity index (χ1n) is 10.2. The second-order valence-corrected chi connectivity index (χ2v) is 7.26. The van der Waals surface area contributed by atoms with Crippen molar-refractivity contribution in [2.75, 3.05) is 34.5 Å². The summed E-state index contributed by atoms with van der Waals surface area (Å²) in [7, 11) is 4.75. The van der Waals surface area contributed by atoms with Crippen molar-refractivity contribution < 1.29 is 28.1 Å². The van der Waals surface area contributed by atoms with E-state index in [1.54, 1.807) is 38.4 Å². The van der Waals surface area contributed by atoms with Gasteiger partial charge < -0.3 is 23.8 Å². The molecule has 1 heterocycles. The molecule has 32 heavy (non-hydrogen) atoms. The number of nitrogens with zero attached hydrogens (tertiary/aromatic N) is 1. The van der Waals surface area contributed by atoms with Gasteiger partial charge in [-0.15, -0.1) is 0 Å². The van der Waals surface area contributed by atoms with Crippen LogP contribution in [0.15, 0.2) is 54.6 Å². The minimum atomic E-state index is -0.548. The standard InChI is InChI=1S/C25H24FNO5/c1-29-20-9-6-10-21(30-2)23(20)16-13-17-15-27(11-12-32-24(17)22(14-16)31-3)25(28)18-7-4-5-8-19(18)26/h4-10,13-14H,11-12,15H2,1-3H3. The fourth-order valence-corrected chi connectivity index (χ4v) is 3.89. The molecule has 0 unspecified atom stereocenters. The van der Waals surface area contributed by atoms with Gasteiger partial charge in [-0.2, -0.15) is 0 Å². The van der Waals surface area contributed by atoms with Gasteiger partial charge in [-0.1, -0.05) is 18.2 Å². The van der Waals surface area contributed by atoms with Crippen LogP contribution in [0.25, 0.3) is 11.1 Å². The zero-order chi connectivity index (χ0) is 22.7. The van der Waals surface area contributed by atoms with Gasteiger partial charge in [-0.05, 0) is 42.0 Å². The Morgan fingerprint density at radius 2 is 1.62 bits per heavy atom.